The van der Waals surface area contributed by atoms with Crippen molar-refractivity contribution in [3.63, 3.8) is 0 Å². The number of carbonyl (C=O) groups excluding carboxylic acids is 2. The SMILES string of the molecule is CC(=O)N(C)CC(=O)N[C@@H](C)c1ccc(C)o1. The van der Waals surface area contributed by atoms with Gasteiger partial charge in [0.25, 0.3) is 0 Å². The van der Waals surface area contributed by atoms with Crippen LogP contribution in [0.5, 0.6) is 0 Å². The highest BCUT2D eigenvalue weighted by Gasteiger charge is 2.14. The van der Waals surface area contributed by atoms with Crippen LogP contribution in [0.15, 0.2) is 16.5 Å². The van der Waals surface area contributed by atoms with Gasteiger partial charge in [0.15, 0.2) is 0 Å². The van der Waals surface area contributed by atoms with E-state index >= 15 is 0 Å². The van der Waals surface area contributed by atoms with Crippen LogP contribution in [0.3, 0.4) is 0 Å². The van der Waals surface area contributed by atoms with E-state index in [-0.39, 0.29) is 24.4 Å². The molecule has 0 spiro atoms. The van der Waals surface area contributed by atoms with Crippen LogP contribution in [0, 0.1) is 6.92 Å². The monoisotopic (exact) mass is 238 g/mol. The second kappa shape index (κ2) is 5.52. The molecule has 1 heterocycles. The van der Waals surface area contributed by atoms with Gasteiger partial charge < -0.3 is 14.6 Å². The number of carbonyl (C=O) groups is 2. The minimum Gasteiger partial charge on any atom is -0.464 e. The molecule has 1 N–H and O–H groups in total. The summed E-state index contributed by atoms with van der Waals surface area (Å²) in [5.74, 6) is 1.18. The molecule has 1 aromatic heterocycles. The Morgan fingerprint density at radius 2 is 2.12 bits per heavy atom. The highest BCUT2D eigenvalue weighted by molar-refractivity contribution is 5.83. The number of amides is 2. The smallest absolute Gasteiger partial charge is 0.240 e. The van der Waals surface area contributed by atoms with Crippen LogP contribution >= 0.6 is 0 Å². The molecule has 0 bridgehead atoms. The summed E-state index contributed by atoms with van der Waals surface area (Å²) in [6.07, 6.45) is 0. The fraction of sp³-hybridized carbons (Fsp3) is 0.500. The summed E-state index contributed by atoms with van der Waals surface area (Å²) in [4.78, 5) is 23.9. The Bertz CT molecular complexity index is 412. The van der Waals surface area contributed by atoms with Crippen molar-refractivity contribution in [3.05, 3.63) is 23.7 Å². The molecule has 0 aliphatic rings. The molecule has 0 radical (unpaired) electrons. The van der Waals surface area contributed by atoms with E-state index in [0.29, 0.717) is 5.76 Å². The molecule has 1 atom stereocenters. The molecule has 0 aliphatic carbocycles. The third kappa shape index (κ3) is 3.94. The zero-order chi connectivity index (χ0) is 13.0. The number of hydrogen-bond donors (Lipinski definition) is 1. The highest BCUT2D eigenvalue weighted by atomic mass is 16.3. The Morgan fingerprint density at radius 3 is 2.59 bits per heavy atom. The molecule has 2 amide bonds. The molecule has 5 heteroatoms. The lowest BCUT2D eigenvalue weighted by atomic mass is 10.2. The summed E-state index contributed by atoms with van der Waals surface area (Å²) in [5.41, 5.74) is 0. The van der Waals surface area contributed by atoms with E-state index in [1.54, 1.807) is 7.05 Å². The van der Waals surface area contributed by atoms with Crippen LogP contribution in [0.4, 0.5) is 0 Å². The molecular weight excluding hydrogens is 220 g/mol. The number of nitrogens with zero attached hydrogens (tertiary/aromatic N) is 1. The molecule has 17 heavy (non-hydrogen) atoms. The van der Waals surface area contributed by atoms with Gasteiger partial charge in [-0.2, -0.15) is 0 Å². The van der Waals surface area contributed by atoms with Crippen molar-refractivity contribution in [3.8, 4) is 0 Å². The summed E-state index contributed by atoms with van der Waals surface area (Å²) in [6, 6.07) is 3.48. The van der Waals surface area contributed by atoms with E-state index < -0.39 is 0 Å². The molecular formula is C12H18N2O3. The molecule has 0 fully saturated rings. The molecule has 1 aromatic rings. The first-order chi connectivity index (χ1) is 7.90. The van der Waals surface area contributed by atoms with Crippen LogP contribution in [0.25, 0.3) is 0 Å². The van der Waals surface area contributed by atoms with E-state index in [1.165, 1.54) is 11.8 Å². The fourth-order valence-corrected chi connectivity index (χ4v) is 1.37. The highest BCUT2D eigenvalue weighted by Crippen LogP contribution is 2.15. The van der Waals surface area contributed by atoms with Crippen LogP contribution in [0.1, 0.15) is 31.4 Å². The van der Waals surface area contributed by atoms with E-state index in [2.05, 4.69) is 5.32 Å². The first-order valence-corrected chi connectivity index (χ1v) is 5.47. The van der Waals surface area contributed by atoms with Gasteiger partial charge in [-0.15, -0.1) is 0 Å². The van der Waals surface area contributed by atoms with Gasteiger partial charge in [0.1, 0.15) is 11.5 Å². The summed E-state index contributed by atoms with van der Waals surface area (Å²) < 4.78 is 5.40. The molecule has 0 aliphatic heterocycles. The fourth-order valence-electron chi connectivity index (χ4n) is 1.37. The van der Waals surface area contributed by atoms with Gasteiger partial charge in [0.2, 0.25) is 11.8 Å². The number of nitrogens with one attached hydrogen (secondary N) is 1. The molecule has 94 valence electrons. The molecule has 5 nitrogen and oxygen atoms in total. The predicted molar refractivity (Wildman–Crippen MR) is 63.3 cm³/mol. The van der Waals surface area contributed by atoms with Crippen molar-refractivity contribution in [1.29, 1.82) is 0 Å². The van der Waals surface area contributed by atoms with Crippen molar-refractivity contribution in [2.45, 2.75) is 26.8 Å². The van der Waals surface area contributed by atoms with Gasteiger partial charge in [-0.25, -0.2) is 0 Å². The molecule has 0 unspecified atom stereocenters. The maximum Gasteiger partial charge on any atom is 0.240 e. The lowest BCUT2D eigenvalue weighted by Crippen LogP contribution is -2.38. The van der Waals surface area contributed by atoms with Crippen molar-refractivity contribution >= 4 is 11.8 Å². The normalized spacial score (nSPS) is 12.0. The van der Waals surface area contributed by atoms with Gasteiger partial charge in [-0.05, 0) is 26.0 Å². The summed E-state index contributed by atoms with van der Waals surface area (Å²) in [6.45, 7) is 5.16. The number of hydrogen-bond acceptors (Lipinski definition) is 3. The summed E-state index contributed by atoms with van der Waals surface area (Å²) in [7, 11) is 1.59. The Labute approximate surface area is 101 Å². The topological polar surface area (TPSA) is 62.6 Å². The van der Waals surface area contributed by atoms with E-state index in [1.807, 2.05) is 26.0 Å². The Kier molecular flexibility index (Phi) is 4.31. The number of furan rings is 1. The molecule has 1 rings (SSSR count). The standard InChI is InChI=1S/C12H18N2O3/c1-8-5-6-11(17-8)9(2)13-12(16)7-14(4)10(3)15/h5-6,9H,7H2,1-4H3,(H,13,16)/t9-/m0/s1. The zero-order valence-corrected chi connectivity index (χ0v) is 10.6. The average molecular weight is 238 g/mol. The van der Waals surface area contributed by atoms with Crippen molar-refractivity contribution < 1.29 is 14.0 Å². The maximum atomic E-state index is 11.6. The molecule has 0 aromatic carbocycles. The van der Waals surface area contributed by atoms with Gasteiger partial charge in [-0.1, -0.05) is 0 Å². The van der Waals surface area contributed by atoms with Gasteiger partial charge in [-0.3, -0.25) is 9.59 Å². The number of aryl methyl sites for hydroxylation is 1. The lowest BCUT2D eigenvalue weighted by Gasteiger charge is -2.16. The van der Waals surface area contributed by atoms with Gasteiger partial charge in [0, 0.05) is 14.0 Å². The zero-order valence-electron chi connectivity index (χ0n) is 10.6. The lowest BCUT2D eigenvalue weighted by molar-refractivity contribution is -0.133. The minimum atomic E-state index is -0.204. The van der Waals surface area contributed by atoms with Crippen LogP contribution in [0.2, 0.25) is 0 Å². The number of likely N-dealkylation sites (N-methyl/N-ethyl adjacent to an activating group) is 1. The van der Waals surface area contributed by atoms with Crippen LogP contribution in [-0.2, 0) is 9.59 Å². The van der Waals surface area contributed by atoms with Crippen molar-refractivity contribution in [2.75, 3.05) is 13.6 Å². The van der Waals surface area contributed by atoms with Crippen LogP contribution < -0.4 is 5.32 Å². The molecule has 0 saturated carbocycles. The minimum absolute atomic E-state index is 0.0549. The Hall–Kier alpha value is -1.78. The molecule has 0 saturated heterocycles. The first kappa shape index (κ1) is 13.3. The van der Waals surface area contributed by atoms with Crippen molar-refractivity contribution in [1.82, 2.24) is 10.2 Å². The third-order valence-corrected chi connectivity index (χ3v) is 2.48. The summed E-state index contributed by atoms with van der Waals surface area (Å²) >= 11 is 0. The van der Waals surface area contributed by atoms with Crippen molar-refractivity contribution in [2.24, 2.45) is 0 Å². The third-order valence-electron chi connectivity index (χ3n) is 2.48. The quantitative estimate of drug-likeness (QED) is 0.858. The van der Waals surface area contributed by atoms with E-state index in [4.69, 9.17) is 4.42 Å². The Balaban J connectivity index is 2.49. The number of rotatable bonds is 4. The van der Waals surface area contributed by atoms with Gasteiger partial charge >= 0.3 is 0 Å². The van der Waals surface area contributed by atoms with Crippen LogP contribution in [-0.4, -0.2) is 30.3 Å². The van der Waals surface area contributed by atoms with Gasteiger partial charge in [0.05, 0.1) is 12.6 Å². The second-order valence-electron chi connectivity index (χ2n) is 4.11. The summed E-state index contributed by atoms with van der Waals surface area (Å²) in [5, 5.41) is 2.77. The largest absolute Gasteiger partial charge is 0.464 e. The van der Waals surface area contributed by atoms with E-state index in [0.717, 1.165) is 5.76 Å². The second-order valence-corrected chi connectivity index (χ2v) is 4.11. The Morgan fingerprint density at radius 1 is 1.47 bits per heavy atom. The predicted octanol–water partition coefficient (Wildman–Crippen LogP) is 1.24. The van der Waals surface area contributed by atoms with E-state index in [9.17, 15) is 9.59 Å². The first-order valence-electron chi connectivity index (χ1n) is 5.47. The maximum absolute atomic E-state index is 11.6. The average Bonchev–Trinajstić information content (AvgIpc) is 2.64.